The zero-order chi connectivity index (χ0) is 24.1. The van der Waals surface area contributed by atoms with Crippen LogP contribution >= 0.6 is 0 Å². The van der Waals surface area contributed by atoms with Gasteiger partial charge in [-0.15, -0.1) is 0 Å². The van der Waals surface area contributed by atoms with E-state index in [9.17, 15) is 14.7 Å². The quantitative estimate of drug-likeness (QED) is 0.427. The van der Waals surface area contributed by atoms with Crippen molar-refractivity contribution in [2.24, 2.45) is 11.3 Å². The van der Waals surface area contributed by atoms with Gasteiger partial charge in [0.1, 0.15) is 0 Å². The van der Waals surface area contributed by atoms with Crippen molar-refractivity contribution in [3.8, 4) is 0 Å². The van der Waals surface area contributed by atoms with Gasteiger partial charge in [-0.3, -0.25) is 9.59 Å². The summed E-state index contributed by atoms with van der Waals surface area (Å²) < 4.78 is 5.35. The SMILES string of the molecule is O=C(O)C1(CCc2ccccc2)CCCCC1.O=C(OCCc1ccccc1)C1CCCCC1. The van der Waals surface area contributed by atoms with Crippen LogP contribution in [-0.2, 0) is 27.2 Å². The Morgan fingerprint density at radius 1 is 0.765 bits per heavy atom. The molecule has 1 N–H and O–H groups in total. The molecule has 4 rings (SSSR count). The molecule has 0 unspecified atom stereocenters. The van der Waals surface area contributed by atoms with Gasteiger partial charge in [0.05, 0.1) is 17.9 Å². The number of carboxylic acids is 1. The minimum Gasteiger partial charge on any atom is -0.481 e. The normalized spacial score (nSPS) is 17.8. The molecule has 0 amide bonds. The molecule has 0 bridgehead atoms. The average molecular weight is 465 g/mol. The van der Waals surface area contributed by atoms with Crippen LogP contribution in [0.25, 0.3) is 0 Å². The van der Waals surface area contributed by atoms with E-state index in [0.29, 0.717) is 6.61 Å². The standard InChI is InChI=1S/2C15H20O2/c16-14(17)15(10-5-2-6-11-15)12-9-13-7-3-1-4-8-13;16-15(14-9-5-2-6-10-14)17-12-11-13-7-3-1-4-8-13/h1,3-4,7-8H,2,5-6,9-12H2,(H,16,17);1,3-4,7-8,14H,2,5-6,9-12H2. The van der Waals surface area contributed by atoms with E-state index in [0.717, 1.165) is 57.8 Å². The maximum Gasteiger partial charge on any atom is 0.309 e. The number of carboxylic acid groups (broad SMARTS) is 1. The molecule has 0 atom stereocenters. The van der Waals surface area contributed by atoms with Crippen molar-refractivity contribution >= 4 is 11.9 Å². The number of aliphatic carboxylic acids is 1. The topological polar surface area (TPSA) is 63.6 Å². The molecule has 0 radical (unpaired) electrons. The monoisotopic (exact) mass is 464 g/mol. The van der Waals surface area contributed by atoms with Crippen LogP contribution in [0.2, 0.25) is 0 Å². The molecule has 34 heavy (non-hydrogen) atoms. The van der Waals surface area contributed by atoms with Gasteiger partial charge in [0.25, 0.3) is 0 Å². The molecule has 2 aliphatic carbocycles. The third kappa shape index (κ3) is 8.30. The molecule has 2 fully saturated rings. The molecule has 0 aromatic heterocycles. The minimum absolute atomic E-state index is 0.0145. The first-order valence-corrected chi connectivity index (χ1v) is 13.1. The Bertz CT molecular complexity index is 848. The van der Waals surface area contributed by atoms with E-state index in [1.54, 1.807) is 0 Å². The first-order valence-electron chi connectivity index (χ1n) is 13.1. The molecule has 4 heteroatoms. The van der Waals surface area contributed by atoms with E-state index in [2.05, 4.69) is 24.3 Å². The third-order valence-corrected chi connectivity index (χ3v) is 7.42. The van der Waals surface area contributed by atoms with Gasteiger partial charge in [0, 0.05) is 6.42 Å². The third-order valence-electron chi connectivity index (χ3n) is 7.42. The van der Waals surface area contributed by atoms with Crippen molar-refractivity contribution < 1.29 is 19.4 Å². The molecule has 0 heterocycles. The Morgan fingerprint density at radius 2 is 1.29 bits per heavy atom. The number of carbonyl (C=O) groups excluding carboxylic acids is 1. The summed E-state index contributed by atoms with van der Waals surface area (Å²) in [5.41, 5.74) is 2.02. The van der Waals surface area contributed by atoms with Gasteiger partial charge in [-0.25, -0.2) is 0 Å². The fraction of sp³-hybridized carbons (Fsp3) is 0.533. The van der Waals surface area contributed by atoms with Gasteiger partial charge in [-0.2, -0.15) is 0 Å². The van der Waals surface area contributed by atoms with Crippen molar-refractivity contribution in [1.82, 2.24) is 0 Å². The van der Waals surface area contributed by atoms with E-state index in [1.807, 2.05) is 36.4 Å². The Hall–Kier alpha value is -2.62. The van der Waals surface area contributed by atoms with Crippen LogP contribution in [0.15, 0.2) is 60.7 Å². The van der Waals surface area contributed by atoms with Crippen LogP contribution in [0.1, 0.15) is 81.8 Å². The maximum atomic E-state index is 11.8. The molecule has 4 nitrogen and oxygen atoms in total. The van der Waals surface area contributed by atoms with Gasteiger partial charge in [-0.1, -0.05) is 99.2 Å². The highest BCUT2D eigenvalue weighted by Crippen LogP contribution is 2.40. The minimum atomic E-state index is -0.590. The van der Waals surface area contributed by atoms with Crippen LogP contribution in [0.4, 0.5) is 0 Å². The molecule has 184 valence electrons. The van der Waals surface area contributed by atoms with Gasteiger partial charge >= 0.3 is 11.9 Å². The zero-order valence-corrected chi connectivity index (χ0v) is 20.4. The lowest BCUT2D eigenvalue weighted by Crippen LogP contribution is -2.33. The Balaban J connectivity index is 0.000000191. The summed E-state index contributed by atoms with van der Waals surface area (Å²) in [7, 11) is 0. The van der Waals surface area contributed by atoms with Crippen LogP contribution in [0, 0.1) is 11.3 Å². The molecule has 0 saturated heterocycles. The van der Waals surface area contributed by atoms with E-state index in [-0.39, 0.29) is 11.9 Å². The van der Waals surface area contributed by atoms with Crippen LogP contribution in [-0.4, -0.2) is 23.7 Å². The molecular formula is C30H40O4. The van der Waals surface area contributed by atoms with Crippen molar-refractivity contribution in [3.63, 3.8) is 0 Å². The van der Waals surface area contributed by atoms with Gasteiger partial charge in [0.2, 0.25) is 0 Å². The maximum absolute atomic E-state index is 11.8. The Morgan fingerprint density at radius 3 is 1.85 bits per heavy atom. The first kappa shape index (κ1) is 26.0. The van der Waals surface area contributed by atoms with Crippen molar-refractivity contribution in [3.05, 3.63) is 71.8 Å². The van der Waals surface area contributed by atoms with E-state index >= 15 is 0 Å². The molecule has 0 aliphatic heterocycles. The number of rotatable bonds is 8. The average Bonchev–Trinajstić information content (AvgIpc) is 2.90. The van der Waals surface area contributed by atoms with Gasteiger partial charge in [-0.05, 0) is 49.7 Å². The van der Waals surface area contributed by atoms with Crippen molar-refractivity contribution in [2.45, 2.75) is 83.5 Å². The smallest absolute Gasteiger partial charge is 0.309 e. The fourth-order valence-electron chi connectivity index (χ4n) is 5.20. The van der Waals surface area contributed by atoms with Gasteiger partial charge in [0.15, 0.2) is 0 Å². The van der Waals surface area contributed by atoms with Crippen LogP contribution in [0.5, 0.6) is 0 Å². The largest absolute Gasteiger partial charge is 0.481 e. The highest BCUT2D eigenvalue weighted by atomic mass is 16.5. The molecule has 2 aromatic rings. The van der Waals surface area contributed by atoms with E-state index < -0.39 is 11.4 Å². The molecular weight excluding hydrogens is 424 g/mol. The second-order valence-electron chi connectivity index (χ2n) is 9.87. The predicted octanol–water partition coefficient (Wildman–Crippen LogP) is 7.01. The van der Waals surface area contributed by atoms with Crippen LogP contribution < -0.4 is 0 Å². The highest BCUT2D eigenvalue weighted by Gasteiger charge is 2.38. The lowest BCUT2D eigenvalue weighted by atomic mass is 9.71. The van der Waals surface area contributed by atoms with E-state index in [4.69, 9.17) is 4.74 Å². The number of hydrogen-bond donors (Lipinski definition) is 1. The molecule has 0 spiro atoms. The summed E-state index contributed by atoms with van der Waals surface area (Å²) >= 11 is 0. The second-order valence-corrected chi connectivity index (χ2v) is 9.87. The summed E-state index contributed by atoms with van der Waals surface area (Å²) in [5, 5.41) is 9.47. The first-order chi connectivity index (χ1) is 16.6. The lowest BCUT2D eigenvalue weighted by Gasteiger charge is -2.33. The molecule has 2 aromatic carbocycles. The highest BCUT2D eigenvalue weighted by molar-refractivity contribution is 5.74. The summed E-state index contributed by atoms with van der Waals surface area (Å²) in [6.45, 7) is 0.513. The fourth-order valence-corrected chi connectivity index (χ4v) is 5.20. The molecule has 2 saturated carbocycles. The predicted molar refractivity (Wildman–Crippen MR) is 136 cm³/mol. The van der Waals surface area contributed by atoms with E-state index in [1.165, 1.54) is 36.8 Å². The van der Waals surface area contributed by atoms with Crippen LogP contribution in [0.3, 0.4) is 0 Å². The lowest BCUT2D eigenvalue weighted by molar-refractivity contribution is -0.151. The summed E-state index contributed by atoms with van der Waals surface area (Å²) in [5.74, 6) is -0.409. The Kier molecular flexibility index (Phi) is 10.7. The Labute approximate surface area is 204 Å². The second kappa shape index (κ2) is 13.9. The zero-order valence-electron chi connectivity index (χ0n) is 20.4. The number of ether oxygens (including phenoxy) is 1. The summed E-state index contributed by atoms with van der Waals surface area (Å²) in [6, 6.07) is 20.3. The van der Waals surface area contributed by atoms with Crippen molar-refractivity contribution in [1.29, 1.82) is 0 Å². The number of esters is 1. The summed E-state index contributed by atoms with van der Waals surface area (Å²) in [4.78, 5) is 23.3. The summed E-state index contributed by atoms with van der Waals surface area (Å²) in [6.07, 6.45) is 13.2. The van der Waals surface area contributed by atoms with Crippen molar-refractivity contribution in [2.75, 3.05) is 6.61 Å². The van der Waals surface area contributed by atoms with Gasteiger partial charge < -0.3 is 9.84 Å². The number of carbonyl (C=O) groups is 2. The number of benzene rings is 2. The number of hydrogen-bond acceptors (Lipinski definition) is 3. The molecule has 2 aliphatic rings. The number of aryl methyl sites for hydroxylation is 1.